The van der Waals surface area contributed by atoms with Gasteiger partial charge in [0.15, 0.2) is 0 Å². The molecule has 1 heteroatoms. The largest absolute Gasteiger partial charge is 0.146 e. The zero-order valence-corrected chi connectivity index (χ0v) is 10.9. The smallest absolute Gasteiger partial charge is 0.106 e. The summed E-state index contributed by atoms with van der Waals surface area (Å²) in [5, 5.41) is 0. The summed E-state index contributed by atoms with van der Waals surface area (Å²) in [6, 6.07) is 0. The van der Waals surface area contributed by atoms with Crippen molar-refractivity contribution in [2.45, 2.75) is 47.4 Å². The zero-order chi connectivity index (χ0) is 11.4. The topological polar surface area (TPSA) is 0 Å². The van der Waals surface area contributed by atoms with Crippen molar-refractivity contribution in [3.63, 3.8) is 0 Å². The highest BCUT2D eigenvalue weighted by molar-refractivity contribution is 6.45. The molecular formula is C14H24B. The summed E-state index contributed by atoms with van der Waals surface area (Å²) in [4.78, 5) is 0. The summed E-state index contributed by atoms with van der Waals surface area (Å²) < 4.78 is 0. The first-order valence-electron chi connectivity index (χ1n) is 6.36. The van der Waals surface area contributed by atoms with Gasteiger partial charge in [-0.25, -0.2) is 0 Å². The number of rotatable bonds is 4. The summed E-state index contributed by atoms with van der Waals surface area (Å²) in [6.07, 6.45) is 6.96. The third kappa shape index (κ3) is 2.38. The molecule has 0 fully saturated rings. The molecule has 0 aromatic carbocycles. The van der Waals surface area contributed by atoms with E-state index in [1.54, 1.807) is 11.0 Å². The molecule has 0 saturated carbocycles. The van der Waals surface area contributed by atoms with Gasteiger partial charge in [0.25, 0.3) is 0 Å². The van der Waals surface area contributed by atoms with E-state index in [1.165, 1.54) is 12.7 Å². The van der Waals surface area contributed by atoms with Crippen molar-refractivity contribution in [1.29, 1.82) is 0 Å². The molecule has 1 aliphatic rings. The summed E-state index contributed by atoms with van der Waals surface area (Å²) in [6.45, 7) is 11.4. The van der Waals surface area contributed by atoms with Gasteiger partial charge < -0.3 is 0 Å². The molecule has 0 bridgehead atoms. The maximum absolute atomic E-state index is 2.43. The van der Waals surface area contributed by atoms with Crippen LogP contribution in [0.1, 0.15) is 41.0 Å². The third-order valence-electron chi connectivity index (χ3n) is 3.82. The van der Waals surface area contributed by atoms with Crippen molar-refractivity contribution < 1.29 is 0 Å². The van der Waals surface area contributed by atoms with Crippen molar-refractivity contribution in [3.05, 3.63) is 23.2 Å². The average Bonchev–Trinajstić information content (AvgIpc) is 2.45. The second-order valence-electron chi connectivity index (χ2n) is 4.65. The fraction of sp³-hybridized carbons (Fsp3) is 0.714. The van der Waals surface area contributed by atoms with Gasteiger partial charge in [-0.05, 0) is 25.2 Å². The van der Waals surface area contributed by atoms with Gasteiger partial charge >= 0.3 is 0 Å². The van der Waals surface area contributed by atoms with E-state index < -0.39 is 0 Å². The van der Waals surface area contributed by atoms with E-state index in [0.29, 0.717) is 5.92 Å². The van der Waals surface area contributed by atoms with Crippen LogP contribution in [0.5, 0.6) is 0 Å². The number of hydrogen-bond acceptors (Lipinski definition) is 0. The quantitative estimate of drug-likeness (QED) is 0.472. The van der Waals surface area contributed by atoms with Crippen molar-refractivity contribution in [3.8, 4) is 0 Å². The minimum absolute atomic E-state index is 0.688. The highest BCUT2D eigenvalue weighted by Gasteiger charge is 2.33. The molecule has 0 amide bonds. The monoisotopic (exact) mass is 203 g/mol. The predicted molar refractivity (Wildman–Crippen MR) is 70.2 cm³/mol. The van der Waals surface area contributed by atoms with Gasteiger partial charge in [0, 0.05) is 5.92 Å². The normalized spacial score (nSPS) is 31.7. The molecule has 1 rings (SSSR count). The van der Waals surface area contributed by atoms with Crippen LogP contribution < -0.4 is 0 Å². The molecule has 3 atom stereocenters. The first kappa shape index (κ1) is 12.6. The van der Waals surface area contributed by atoms with Crippen molar-refractivity contribution in [2.24, 2.45) is 17.8 Å². The Morgan fingerprint density at radius 1 is 1.27 bits per heavy atom. The van der Waals surface area contributed by atoms with Crippen molar-refractivity contribution in [1.82, 2.24) is 0 Å². The minimum Gasteiger partial charge on any atom is -0.106 e. The lowest BCUT2D eigenvalue weighted by atomic mass is 9.62. The average molecular weight is 203 g/mol. The summed E-state index contributed by atoms with van der Waals surface area (Å²) in [7, 11) is 2.43. The van der Waals surface area contributed by atoms with Crippen LogP contribution >= 0.6 is 0 Å². The molecule has 0 N–H and O–H groups in total. The molecule has 0 aromatic rings. The van der Waals surface area contributed by atoms with Crippen LogP contribution in [0.15, 0.2) is 23.2 Å². The lowest BCUT2D eigenvalue weighted by Gasteiger charge is -2.18. The van der Waals surface area contributed by atoms with Crippen LogP contribution in [0.4, 0.5) is 0 Å². The molecule has 0 saturated heterocycles. The maximum Gasteiger partial charge on any atom is 0.146 e. The summed E-state index contributed by atoms with van der Waals surface area (Å²) >= 11 is 0. The van der Waals surface area contributed by atoms with Crippen LogP contribution in [-0.4, -0.2) is 7.28 Å². The highest BCUT2D eigenvalue weighted by atomic mass is 14.4. The highest BCUT2D eigenvalue weighted by Crippen LogP contribution is 2.43. The number of hydrogen-bond donors (Lipinski definition) is 0. The second-order valence-corrected chi connectivity index (χ2v) is 4.65. The lowest BCUT2D eigenvalue weighted by molar-refractivity contribution is 0.420. The first-order chi connectivity index (χ1) is 7.17. The molecule has 3 unspecified atom stereocenters. The van der Waals surface area contributed by atoms with Gasteiger partial charge in [-0.1, -0.05) is 51.7 Å². The molecule has 1 aliphatic carbocycles. The van der Waals surface area contributed by atoms with Crippen molar-refractivity contribution >= 4 is 7.28 Å². The maximum atomic E-state index is 2.43. The summed E-state index contributed by atoms with van der Waals surface area (Å²) in [5.74, 6) is 2.20. The molecule has 0 aromatic heterocycles. The van der Waals surface area contributed by atoms with Crippen LogP contribution in [0.25, 0.3) is 0 Å². The molecule has 0 aliphatic heterocycles. The first-order valence-corrected chi connectivity index (χ1v) is 6.36. The molecule has 1 radical (unpaired) electrons. The fourth-order valence-electron chi connectivity index (χ4n) is 2.87. The fourth-order valence-corrected chi connectivity index (χ4v) is 2.87. The third-order valence-corrected chi connectivity index (χ3v) is 3.82. The Bertz CT molecular complexity index is 263. The Morgan fingerprint density at radius 2 is 1.93 bits per heavy atom. The van der Waals surface area contributed by atoms with Crippen LogP contribution in [0.2, 0.25) is 6.32 Å². The van der Waals surface area contributed by atoms with E-state index in [9.17, 15) is 0 Å². The van der Waals surface area contributed by atoms with Crippen LogP contribution in [-0.2, 0) is 0 Å². The van der Waals surface area contributed by atoms with E-state index in [4.69, 9.17) is 0 Å². The standard InChI is InChI=1S/C14H24B/c1-6-9-13-10(4)11(5)14(15-8-3)12(13)7-2/h6,9-11,13H,7-8H2,1-5H3/b9-6-. The Kier molecular flexibility index (Phi) is 4.69. The van der Waals surface area contributed by atoms with Crippen LogP contribution in [0, 0.1) is 17.8 Å². The van der Waals surface area contributed by atoms with Gasteiger partial charge in [0.1, 0.15) is 7.28 Å². The Hall–Kier alpha value is -0.455. The van der Waals surface area contributed by atoms with Crippen molar-refractivity contribution in [2.75, 3.05) is 0 Å². The Balaban J connectivity index is 2.99. The second kappa shape index (κ2) is 5.58. The molecule has 0 heterocycles. The van der Waals surface area contributed by atoms with Gasteiger partial charge in [-0.3, -0.25) is 0 Å². The van der Waals surface area contributed by atoms with E-state index in [1.807, 2.05) is 0 Å². The van der Waals surface area contributed by atoms with E-state index in [0.717, 1.165) is 11.8 Å². The molecule has 0 spiro atoms. The lowest BCUT2D eigenvalue weighted by Crippen LogP contribution is -2.11. The van der Waals surface area contributed by atoms with Gasteiger partial charge in [0.2, 0.25) is 0 Å². The zero-order valence-electron chi connectivity index (χ0n) is 10.9. The van der Waals surface area contributed by atoms with E-state index in [-0.39, 0.29) is 0 Å². The predicted octanol–water partition coefficient (Wildman–Crippen LogP) is 4.27. The molecule has 0 nitrogen and oxygen atoms in total. The van der Waals surface area contributed by atoms with Gasteiger partial charge in [-0.15, -0.1) is 5.47 Å². The van der Waals surface area contributed by atoms with E-state index in [2.05, 4.69) is 54.1 Å². The van der Waals surface area contributed by atoms with Crippen LogP contribution in [0.3, 0.4) is 0 Å². The van der Waals surface area contributed by atoms with Gasteiger partial charge in [0.05, 0.1) is 0 Å². The minimum atomic E-state index is 0.688. The molecule has 15 heavy (non-hydrogen) atoms. The molecule has 83 valence electrons. The van der Waals surface area contributed by atoms with Gasteiger partial charge in [-0.2, -0.15) is 0 Å². The number of allylic oxidation sites excluding steroid dienone is 4. The Labute approximate surface area is 96.1 Å². The van der Waals surface area contributed by atoms with E-state index >= 15 is 0 Å². The Morgan fingerprint density at radius 3 is 2.40 bits per heavy atom. The molecular weight excluding hydrogens is 179 g/mol. The summed E-state index contributed by atoms with van der Waals surface area (Å²) in [5.41, 5.74) is 3.31. The SMILES string of the molecule is C/C=C\C1C(CC)=C([B]CC)C(C)C1C.